The van der Waals surface area contributed by atoms with E-state index >= 15 is 0 Å². The van der Waals surface area contributed by atoms with E-state index in [1.807, 2.05) is 6.92 Å². The predicted octanol–water partition coefficient (Wildman–Crippen LogP) is 3.36. The van der Waals surface area contributed by atoms with Gasteiger partial charge in [-0.25, -0.2) is 0 Å². The second-order valence-corrected chi connectivity index (χ2v) is 7.19. The Labute approximate surface area is 157 Å². The molecule has 0 aromatic heterocycles. The van der Waals surface area contributed by atoms with Crippen molar-refractivity contribution in [3.63, 3.8) is 0 Å². The Morgan fingerprint density at radius 3 is 2.41 bits per heavy atom. The van der Waals surface area contributed by atoms with Crippen molar-refractivity contribution < 1.29 is 28.5 Å². The number of aliphatic hydroxyl groups excluding tert-OH is 3. The summed E-state index contributed by atoms with van der Waals surface area (Å²) >= 11 is 0. The van der Waals surface area contributed by atoms with E-state index in [0.717, 1.165) is 24.1 Å². The third-order valence-electron chi connectivity index (χ3n) is 4.98. The summed E-state index contributed by atoms with van der Waals surface area (Å²) in [5.41, 5.74) is 0.0852. The maximum Gasteiger partial charge on any atom is 0.416 e. The minimum Gasteiger partial charge on any atom is -0.508 e. The van der Waals surface area contributed by atoms with Gasteiger partial charge in [0.15, 0.2) is 0 Å². The van der Waals surface area contributed by atoms with Crippen molar-refractivity contribution in [3.05, 3.63) is 58.9 Å². The average Bonchev–Trinajstić information content (AvgIpc) is 2.65. The first kappa shape index (κ1) is 21.5. The third kappa shape index (κ3) is 5.82. The zero-order chi connectivity index (χ0) is 20.1. The summed E-state index contributed by atoms with van der Waals surface area (Å²) in [6.45, 7) is 2.05. The van der Waals surface area contributed by atoms with Gasteiger partial charge in [0.2, 0.25) is 0 Å². The zero-order valence-corrected chi connectivity index (χ0v) is 15.3. The molecule has 4 N–H and O–H groups in total. The minimum atomic E-state index is -4.32. The van der Waals surface area contributed by atoms with E-state index in [4.69, 9.17) is 0 Å². The van der Waals surface area contributed by atoms with Gasteiger partial charge >= 0.3 is 6.18 Å². The van der Waals surface area contributed by atoms with E-state index in [9.17, 15) is 28.5 Å². The standard InChI is InChI=1S/C20H26F3NO3/c1-14(2-3-15-4-6-17(7-5-15)20(21,22)23)24-12-19(13-26)9-8-18(27)16(10-19)11-25/h4-9,14,24-27H,2-3,10-13H2,1H3. The fourth-order valence-electron chi connectivity index (χ4n) is 3.09. The Bertz CT molecular complexity index is 683. The molecular formula is C20H26F3NO3. The summed E-state index contributed by atoms with van der Waals surface area (Å²) in [6.07, 6.45) is 0.648. The van der Waals surface area contributed by atoms with Crippen LogP contribution in [0.25, 0.3) is 0 Å². The van der Waals surface area contributed by atoms with Crippen LogP contribution in [0.4, 0.5) is 13.2 Å². The first-order valence-corrected chi connectivity index (χ1v) is 8.90. The summed E-state index contributed by atoms with van der Waals surface area (Å²) in [5, 5.41) is 32.2. The van der Waals surface area contributed by atoms with E-state index in [1.54, 1.807) is 6.08 Å². The molecule has 1 aliphatic rings. The third-order valence-corrected chi connectivity index (χ3v) is 4.98. The highest BCUT2D eigenvalue weighted by molar-refractivity contribution is 5.29. The minimum absolute atomic E-state index is 0.0388. The molecule has 0 saturated heterocycles. The summed E-state index contributed by atoms with van der Waals surface area (Å²) < 4.78 is 37.8. The van der Waals surface area contributed by atoms with Crippen molar-refractivity contribution in [2.45, 2.75) is 38.4 Å². The van der Waals surface area contributed by atoms with Gasteiger partial charge in [-0.1, -0.05) is 18.2 Å². The van der Waals surface area contributed by atoms with E-state index in [2.05, 4.69) is 5.32 Å². The number of nitrogens with one attached hydrogen (secondary N) is 1. The highest BCUT2D eigenvalue weighted by atomic mass is 19.4. The maximum absolute atomic E-state index is 12.6. The van der Waals surface area contributed by atoms with Gasteiger partial charge in [0.25, 0.3) is 0 Å². The van der Waals surface area contributed by atoms with Crippen molar-refractivity contribution >= 4 is 0 Å². The molecule has 0 saturated carbocycles. The molecule has 0 fully saturated rings. The SMILES string of the molecule is CC(CCc1ccc(C(F)(F)F)cc1)NCC1(CO)C=CC(O)=C(CO)C1. The number of benzene rings is 1. The van der Waals surface area contributed by atoms with Gasteiger partial charge in [-0.15, -0.1) is 0 Å². The summed E-state index contributed by atoms with van der Waals surface area (Å²) in [5.74, 6) is 0.0388. The summed E-state index contributed by atoms with van der Waals surface area (Å²) in [6, 6.07) is 5.26. The zero-order valence-electron chi connectivity index (χ0n) is 15.3. The van der Waals surface area contributed by atoms with Crippen molar-refractivity contribution in [1.29, 1.82) is 0 Å². The Kier molecular flexibility index (Phi) is 7.08. The summed E-state index contributed by atoms with van der Waals surface area (Å²) in [7, 11) is 0. The van der Waals surface area contributed by atoms with Crippen LogP contribution in [0.1, 0.15) is 30.9 Å². The molecule has 7 heteroatoms. The molecule has 2 unspecified atom stereocenters. The van der Waals surface area contributed by atoms with E-state index in [1.165, 1.54) is 18.2 Å². The number of halogens is 3. The van der Waals surface area contributed by atoms with Crippen molar-refractivity contribution in [3.8, 4) is 0 Å². The van der Waals surface area contributed by atoms with Crippen LogP contribution in [0.15, 0.2) is 47.7 Å². The van der Waals surface area contributed by atoms with Crippen LogP contribution in [0.3, 0.4) is 0 Å². The highest BCUT2D eigenvalue weighted by Crippen LogP contribution is 2.33. The molecule has 27 heavy (non-hydrogen) atoms. The second-order valence-electron chi connectivity index (χ2n) is 7.19. The number of rotatable bonds is 8. The molecule has 0 radical (unpaired) electrons. The number of alkyl halides is 3. The number of allylic oxidation sites excluding steroid dienone is 1. The topological polar surface area (TPSA) is 72.7 Å². The molecule has 1 aliphatic carbocycles. The molecule has 0 bridgehead atoms. The fraction of sp³-hybridized carbons (Fsp3) is 0.500. The molecule has 0 heterocycles. The van der Waals surface area contributed by atoms with Crippen LogP contribution >= 0.6 is 0 Å². The molecule has 2 rings (SSSR count). The number of hydrogen-bond donors (Lipinski definition) is 4. The van der Waals surface area contributed by atoms with E-state index < -0.39 is 17.2 Å². The Morgan fingerprint density at radius 1 is 1.19 bits per heavy atom. The van der Waals surface area contributed by atoms with Crippen LogP contribution < -0.4 is 5.32 Å². The van der Waals surface area contributed by atoms with Crippen LogP contribution in [0.2, 0.25) is 0 Å². The Morgan fingerprint density at radius 2 is 1.85 bits per heavy atom. The van der Waals surface area contributed by atoms with Gasteiger partial charge < -0.3 is 20.6 Å². The van der Waals surface area contributed by atoms with Crippen LogP contribution in [0.5, 0.6) is 0 Å². The number of hydrogen-bond acceptors (Lipinski definition) is 4. The molecule has 0 aliphatic heterocycles. The molecule has 1 aromatic rings. The smallest absolute Gasteiger partial charge is 0.416 e. The Hall–Kier alpha value is -1.83. The lowest BCUT2D eigenvalue weighted by atomic mass is 9.78. The molecule has 1 aromatic carbocycles. The first-order valence-electron chi connectivity index (χ1n) is 8.90. The first-order chi connectivity index (χ1) is 12.7. The van der Waals surface area contributed by atoms with Gasteiger partial charge in [-0.2, -0.15) is 13.2 Å². The predicted molar refractivity (Wildman–Crippen MR) is 97.2 cm³/mol. The summed E-state index contributed by atoms with van der Waals surface area (Å²) in [4.78, 5) is 0. The average molecular weight is 385 g/mol. The molecule has 2 atom stereocenters. The Balaban J connectivity index is 1.85. The van der Waals surface area contributed by atoms with Crippen molar-refractivity contribution in [1.82, 2.24) is 5.32 Å². The second kappa shape index (κ2) is 8.91. The van der Waals surface area contributed by atoms with Gasteiger partial charge in [-0.3, -0.25) is 0 Å². The fourth-order valence-corrected chi connectivity index (χ4v) is 3.09. The van der Waals surface area contributed by atoms with Crippen LogP contribution in [-0.2, 0) is 12.6 Å². The lowest BCUT2D eigenvalue weighted by molar-refractivity contribution is -0.137. The van der Waals surface area contributed by atoms with Crippen LogP contribution in [-0.4, -0.2) is 41.1 Å². The van der Waals surface area contributed by atoms with Crippen molar-refractivity contribution in [2.24, 2.45) is 5.41 Å². The quantitative estimate of drug-likeness (QED) is 0.554. The van der Waals surface area contributed by atoms with E-state index in [-0.39, 0.29) is 25.0 Å². The largest absolute Gasteiger partial charge is 0.508 e. The van der Waals surface area contributed by atoms with Gasteiger partial charge in [0, 0.05) is 18.0 Å². The molecular weight excluding hydrogens is 359 g/mol. The molecule has 0 spiro atoms. The van der Waals surface area contributed by atoms with Gasteiger partial charge in [0.1, 0.15) is 5.76 Å². The monoisotopic (exact) mass is 385 g/mol. The number of aliphatic hydroxyl groups is 3. The van der Waals surface area contributed by atoms with Gasteiger partial charge in [-0.05, 0) is 55.5 Å². The van der Waals surface area contributed by atoms with Crippen LogP contribution in [0, 0.1) is 5.41 Å². The van der Waals surface area contributed by atoms with E-state index in [0.29, 0.717) is 25.0 Å². The lowest BCUT2D eigenvalue weighted by Crippen LogP contribution is -2.41. The molecule has 0 amide bonds. The molecule has 4 nitrogen and oxygen atoms in total. The van der Waals surface area contributed by atoms with Crippen molar-refractivity contribution in [2.75, 3.05) is 19.8 Å². The molecule has 150 valence electrons. The number of aryl methyl sites for hydroxylation is 1. The maximum atomic E-state index is 12.6. The van der Waals surface area contributed by atoms with Gasteiger partial charge in [0.05, 0.1) is 18.8 Å². The lowest BCUT2D eigenvalue weighted by Gasteiger charge is -2.33. The normalized spacial score (nSPS) is 21.6. The highest BCUT2D eigenvalue weighted by Gasteiger charge is 2.32.